The number of carbonyl (C=O) groups is 1. The molecule has 2 rings (SSSR count). The van der Waals surface area contributed by atoms with E-state index in [0.29, 0.717) is 36.2 Å². The van der Waals surface area contributed by atoms with Gasteiger partial charge in [-0.25, -0.2) is 0 Å². The molecule has 0 spiro atoms. The molecule has 116 valence electrons. The number of amides is 1. The zero-order chi connectivity index (χ0) is 15.2. The molecule has 0 saturated carbocycles. The van der Waals surface area contributed by atoms with Crippen molar-refractivity contribution in [3.63, 3.8) is 0 Å². The summed E-state index contributed by atoms with van der Waals surface area (Å²) in [6, 6.07) is 4.75. The maximum absolute atomic E-state index is 12.4. The number of piperidine rings is 1. The Labute approximate surface area is 132 Å². The number of aliphatic hydroxyl groups is 1. The number of carbonyl (C=O) groups excluding carboxylic acids is 1. The number of phenols is 1. The second-order valence-corrected chi connectivity index (χ2v) is 6.05. The van der Waals surface area contributed by atoms with Crippen LogP contribution < -0.4 is 0 Å². The first kappa shape index (κ1) is 16.3. The number of ether oxygens (including phenoxy) is 1. The molecule has 0 unspecified atom stereocenters. The van der Waals surface area contributed by atoms with Crippen molar-refractivity contribution in [2.75, 3.05) is 26.3 Å². The normalized spacial score (nSPS) is 16.2. The van der Waals surface area contributed by atoms with Gasteiger partial charge in [-0.15, -0.1) is 0 Å². The fraction of sp³-hybridized carbons (Fsp3) is 0.533. The van der Waals surface area contributed by atoms with Crippen molar-refractivity contribution >= 4 is 21.8 Å². The van der Waals surface area contributed by atoms with Gasteiger partial charge in [0.15, 0.2) is 0 Å². The van der Waals surface area contributed by atoms with Gasteiger partial charge in [-0.05, 0) is 37.5 Å². The van der Waals surface area contributed by atoms with E-state index in [1.54, 1.807) is 17.0 Å². The minimum absolute atomic E-state index is 0.0691. The Balaban J connectivity index is 1.88. The third-order valence-electron chi connectivity index (χ3n) is 3.51. The van der Waals surface area contributed by atoms with Crippen molar-refractivity contribution in [3.05, 3.63) is 28.2 Å². The third kappa shape index (κ3) is 4.69. The van der Waals surface area contributed by atoms with Crippen molar-refractivity contribution in [1.82, 2.24) is 4.90 Å². The zero-order valence-corrected chi connectivity index (χ0v) is 13.4. The molecule has 0 aromatic heterocycles. The summed E-state index contributed by atoms with van der Waals surface area (Å²) in [5, 5.41) is 18.3. The molecule has 1 fully saturated rings. The first-order valence-corrected chi connectivity index (χ1v) is 7.90. The molecule has 21 heavy (non-hydrogen) atoms. The highest BCUT2D eigenvalue weighted by atomic mass is 79.9. The van der Waals surface area contributed by atoms with E-state index < -0.39 is 0 Å². The quantitative estimate of drug-likeness (QED) is 0.792. The minimum atomic E-state index is -0.0691. The predicted octanol–water partition coefficient (Wildman–Crippen LogP) is 2.16. The SMILES string of the molecule is O=C(c1cc(O)cc(Br)c1)N1CCC(OCCCO)CC1. The van der Waals surface area contributed by atoms with E-state index in [-0.39, 0.29) is 24.4 Å². The lowest BCUT2D eigenvalue weighted by Crippen LogP contribution is -2.41. The van der Waals surface area contributed by atoms with Gasteiger partial charge in [0, 0.05) is 36.3 Å². The van der Waals surface area contributed by atoms with Crippen LogP contribution in [-0.4, -0.2) is 53.4 Å². The van der Waals surface area contributed by atoms with Gasteiger partial charge in [-0.1, -0.05) is 15.9 Å². The number of halogens is 1. The van der Waals surface area contributed by atoms with E-state index in [9.17, 15) is 9.90 Å². The number of benzene rings is 1. The van der Waals surface area contributed by atoms with Crippen LogP contribution in [0.5, 0.6) is 5.75 Å². The predicted molar refractivity (Wildman–Crippen MR) is 82.4 cm³/mol. The van der Waals surface area contributed by atoms with Gasteiger partial charge in [0.1, 0.15) is 5.75 Å². The molecule has 1 aromatic rings. The summed E-state index contributed by atoms with van der Waals surface area (Å²) in [6.07, 6.45) is 2.42. The number of hydrogen-bond acceptors (Lipinski definition) is 4. The Bertz CT molecular complexity index is 466. The lowest BCUT2D eigenvalue weighted by molar-refractivity contribution is 0.00396. The summed E-state index contributed by atoms with van der Waals surface area (Å²) in [5.41, 5.74) is 0.488. The summed E-state index contributed by atoms with van der Waals surface area (Å²) >= 11 is 3.28. The third-order valence-corrected chi connectivity index (χ3v) is 3.97. The van der Waals surface area contributed by atoms with Gasteiger partial charge < -0.3 is 19.8 Å². The molecule has 0 radical (unpaired) electrons. The van der Waals surface area contributed by atoms with Crippen molar-refractivity contribution in [2.45, 2.75) is 25.4 Å². The average Bonchev–Trinajstić information content (AvgIpc) is 2.46. The van der Waals surface area contributed by atoms with Crippen molar-refractivity contribution in [3.8, 4) is 5.75 Å². The molecule has 1 saturated heterocycles. The highest BCUT2D eigenvalue weighted by molar-refractivity contribution is 9.10. The summed E-state index contributed by atoms with van der Waals surface area (Å²) in [7, 11) is 0. The molecule has 1 heterocycles. The smallest absolute Gasteiger partial charge is 0.254 e. The van der Waals surface area contributed by atoms with Gasteiger partial charge in [-0.3, -0.25) is 4.79 Å². The van der Waals surface area contributed by atoms with Crippen molar-refractivity contribution in [1.29, 1.82) is 0 Å². The molecule has 2 N–H and O–H groups in total. The standard InChI is InChI=1S/C15H20BrNO4/c16-12-8-11(9-13(19)10-12)15(20)17-4-2-14(3-5-17)21-7-1-6-18/h8-10,14,18-19H,1-7H2. The molecule has 0 bridgehead atoms. The number of hydrogen-bond donors (Lipinski definition) is 2. The number of phenolic OH excluding ortho intramolecular Hbond substituents is 1. The van der Waals surface area contributed by atoms with E-state index in [1.807, 2.05) is 0 Å². The van der Waals surface area contributed by atoms with E-state index >= 15 is 0 Å². The van der Waals surface area contributed by atoms with Crippen molar-refractivity contribution in [2.24, 2.45) is 0 Å². The van der Waals surface area contributed by atoms with Crippen LogP contribution in [0.2, 0.25) is 0 Å². The van der Waals surface area contributed by atoms with E-state index in [0.717, 1.165) is 12.8 Å². The Morgan fingerprint density at radius 1 is 1.33 bits per heavy atom. The summed E-state index contributed by atoms with van der Waals surface area (Å²) in [4.78, 5) is 14.2. The van der Waals surface area contributed by atoms with Crippen LogP contribution in [-0.2, 0) is 4.74 Å². The largest absolute Gasteiger partial charge is 0.508 e. The molecule has 1 aliphatic rings. The van der Waals surface area contributed by atoms with Gasteiger partial charge in [0.05, 0.1) is 6.10 Å². The lowest BCUT2D eigenvalue weighted by Gasteiger charge is -2.32. The number of aromatic hydroxyl groups is 1. The number of likely N-dealkylation sites (tertiary alicyclic amines) is 1. The first-order chi connectivity index (χ1) is 10.1. The van der Waals surface area contributed by atoms with Gasteiger partial charge in [0.25, 0.3) is 5.91 Å². The summed E-state index contributed by atoms with van der Waals surface area (Å²) in [6.45, 7) is 2.00. The lowest BCUT2D eigenvalue weighted by atomic mass is 10.1. The van der Waals surface area contributed by atoms with Crippen LogP contribution >= 0.6 is 15.9 Å². The number of nitrogens with zero attached hydrogens (tertiary/aromatic N) is 1. The summed E-state index contributed by atoms with van der Waals surface area (Å²) in [5.74, 6) is 0.00959. The maximum Gasteiger partial charge on any atom is 0.254 e. The van der Waals surface area contributed by atoms with Crippen LogP contribution in [0.25, 0.3) is 0 Å². The molecule has 0 atom stereocenters. The molecule has 0 aliphatic carbocycles. The fourth-order valence-electron chi connectivity index (χ4n) is 2.42. The van der Waals surface area contributed by atoms with Crippen LogP contribution in [0.15, 0.2) is 22.7 Å². The maximum atomic E-state index is 12.4. The number of aliphatic hydroxyl groups excluding tert-OH is 1. The van der Waals surface area contributed by atoms with Crippen LogP contribution in [0.3, 0.4) is 0 Å². The minimum Gasteiger partial charge on any atom is -0.508 e. The highest BCUT2D eigenvalue weighted by Crippen LogP contribution is 2.23. The topological polar surface area (TPSA) is 70.0 Å². The zero-order valence-electron chi connectivity index (χ0n) is 11.8. The van der Waals surface area contributed by atoms with E-state index in [2.05, 4.69) is 15.9 Å². The molecule has 1 aliphatic heterocycles. The Kier molecular flexibility index (Phi) is 6.02. The monoisotopic (exact) mass is 357 g/mol. The Morgan fingerprint density at radius 2 is 2.05 bits per heavy atom. The van der Waals surface area contributed by atoms with Gasteiger partial charge in [-0.2, -0.15) is 0 Å². The second kappa shape index (κ2) is 7.77. The molecule has 5 nitrogen and oxygen atoms in total. The Morgan fingerprint density at radius 3 is 2.67 bits per heavy atom. The second-order valence-electron chi connectivity index (χ2n) is 5.14. The molecular formula is C15H20BrNO4. The van der Waals surface area contributed by atoms with Gasteiger partial charge in [0.2, 0.25) is 0 Å². The summed E-state index contributed by atoms with van der Waals surface area (Å²) < 4.78 is 6.34. The van der Waals surface area contributed by atoms with E-state index in [4.69, 9.17) is 9.84 Å². The highest BCUT2D eigenvalue weighted by Gasteiger charge is 2.24. The molecule has 1 amide bonds. The first-order valence-electron chi connectivity index (χ1n) is 7.11. The van der Waals surface area contributed by atoms with Crippen LogP contribution in [0.4, 0.5) is 0 Å². The molecule has 1 aromatic carbocycles. The Hall–Kier alpha value is -1.11. The van der Waals surface area contributed by atoms with Gasteiger partial charge >= 0.3 is 0 Å². The van der Waals surface area contributed by atoms with E-state index in [1.165, 1.54) is 6.07 Å². The van der Waals surface area contributed by atoms with Crippen LogP contribution in [0, 0.1) is 0 Å². The number of rotatable bonds is 5. The fourth-order valence-corrected chi connectivity index (χ4v) is 2.90. The molecule has 6 heteroatoms. The average molecular weight is 358 g/mol. The van der Waals surface area contributed by atoms with Crippen molar-refractivity contribution < 1.29 is 19.7 Å². The molecular weight excluding hydrogens is 338 g/mol. The van der Waals surface area contributed by atoms with Crippen LogP contribution in [0.1, 0.15) is 29.6 Å².